The van der Waals surface area contributed by atoms with Crippen LogP contribution in [0.5, 0.6) is 0 Å². The molecule has 3 aromatic rings. The molecule has 1 atom stereocenters. The molecule has 2 aromatic carbocycles. The van der Waals surface area contributed by atoms with Gasteiger partial charge in [0.15, 0.2) is 0 Å². The maximum atomic E-state index is 12.8. The summed E-state index contributed by atoms with van der Waals surface area (Å²) < 4.78 is 1.69. The van der Waals surface area contributed by atoms with Crippen LogP contribution in [0.1, 0.15) is 39.1 Å². The Labute approximate surface area is 177 Å². The van der Waals surface area contributed by atoms with Gasteiger partial charge in [-0.1, -0.05) is 0 Å². The second-order valence-electron chi connectivity index (χ2n) is 7.80. The number of carbonyl (C=O) groups excluding carboxylic acids is 4. The van der Waals surface area contributed by atoms with E-state index in [-0.39, 0.29) is 30.7 Å². The molecule has 2 aliphatic rings. The quantitative estimate of drug-likeness (QED) is 0.629. The Balaban J connectivity index is 1.34. The zero-order valence-corrected chi connectivity index (χ0v) is 16.7. The molecule has 2 N–H and O–H groups in total. The monoisotopic (exact) mass is 417 g/mol. The summed E-state index contributed by atoms with van der Waals surface area (Å²) in [6.45, 7) is 0.256. The lowest BCUT2D eigenvalue weighted by Gasteiger charge is -2.29. The van der Waals surface area contributed by atoms with Gasteiger partial charge in [0, 0.05) is 48.4 Å². The van der Waals surface area contributed by atoms with E-state index >= 15 is 0 Å². The van der Waals surface area contributed by atoms with Crippen molar-refractivity contribution in [2.24, 2.45) is 7.05 Å². The molecule has 0 aliphatic carbocycles. The molecule has 0 bridgehead atoms. The van der Waals surface area contributed by atoms with Gasteiger partial charge in [0.2, 0.25) is 11.8 Å². The normalized spacial score (nSPS) is 18.3. The average Bonchev–Trinajstić information content (AvgIpc) is 3.26. The highest BCUT2D eigenvalue weighted by Gasteiger charge is 2.39. The van der Waals surface area contributed by atoms with E-state index in [1.165, 1.54) is 4.90 Å². The number of piperidine rings is 1. The molecule has 9 nitrogen and oxygen atoms in total. The number of imide groups is 1. The predicted molar refractivity (Wildman–Crippen MR) is 111 cm³/mol. The lowest BCUT2D eigenvalue weighted by Crippen LogP contribution is -2.52. The summed E-state index contributed by atoms with van der Waals surface area (Å²) >= 11 is 0. The third kappa shape index (κ3) is 3.33. The van der Waals surface area contributed by atoms with E-state index in [4.69, 9.17) is 0 Å². The minimum Gasteiger partial charge on any atom is -0.322 e. The Morgan fingerprint density at radius 3 is 2.81 bits per heavy atom. The van der Waals surface area contributed by atoms with Gasteiger partial charge in [-0.2, -0.15) is 5.10 Å². The number of rotatable bonds is 3. The van der Waals surface area contributed by atoms with Gasteiger partial charge in [0.05, 0.1) is 5.52 Å². The number of hydrogen-bond donors (Lipinski definition) is 2. The van der Waals surface area contributed by atoms with Crippen LogP contribution in [0.3, 0.4) is 0 Å². The van der Waals surface area contributed by atoms with Crippen LogP contribution in [-0.4, -0.2) is 44.4 Å². The van der Waals surface area contributed by atoms with Crippen molar-refractivity contribution in [1.29, 1.82) is 0 Å². The Kier molecular flexibility index (Phi) is 4.32. The van der Waals surface area contributed by atoms with E-state index < -0.39 is 11.9 Å². The summed E-state index contributed by atoms with van der Waals surface area (Å²) in [5, 5.41) is 10.3. The molecule has 0 spiro atoms. The summed E-state index contributed by atoms with van der Waals surface area (Å²) in [7, 11) is 1.82. The van der Waals surface area contributed by atoms with Crippen molar-refractivity contribution in [3.8, 4) is 0 Å². The van der Waals surface area contributed by atoms with Gasteiger partial charge in [-0.15, -0.1) is 0 Å². The van der Waals surface area contributed by atoms with E-state index in [2.05, 4.69) is 15.7 Å². The number of benzene rings is 2. The highest BCUT2D eigenvalue weighted by molar-refractivity contribution is 6.08. The van der Waals surface area contributed by atoms with Crippen molar-refractivity contribution in [3.63, 3.8) is 0 Å². The number of nitrogens with one attached hydrogen (secondary N) is 2. The first-order valence-corrected chi connectivity index (χ1v) is 9.91. The zero-order valence-electron chi connectivity index (χ0n) is 16.7. The van der Waals surface area contributed by atoms with Crippen LogP contribution in [0.4, 0.5) is 5.69 Å². The molecule has 156 valence electrons. The fourth-order valence-corrected chi connectivity index (χ4v) is 4.15. The molecular formula is C22H19N5O4. The summed E-state index contributed by atoms with van der Waals surface area (Å²) in [4.78, 5) is 50.5. The topological polar surface area (TPSA) is 113 Å². The van der Waals surface area contributed by atoms with Crippen LogP contribution >= 0.6 is 0 Å². The first-order valence-electron chi connectivity index (χ1n) is 9.91. The molecule has 1 fully saturated rings. The number of nitrogens with zero attached hydrogens (tertiary/aromatic N) is 3. The van der Waals surface area contributed by atoms with Crippen molar-refractivity contribution >= 4 is 40.2 Å². The van der Waals surface area contributed by atoms with E-state index in [0.717, 1.165) is 16.5 Å². The number of carbonyl (C=O) groups is 4. The standard InChI is InChI=1S/C22H19N5O4/c1-26-10-14-8-12(2-5-17(14)25-26)20(29)23-15-3-4-16-13(9-15)11-27(22(16)31)18-6-7-19(28)24-21(18)30/h2-5,8-10,18H,6-7,11H2,1H3,(H,23,29)(H,24,28,30). The maximum absolute atomic E-state index is 12.8. The molecule has 31 heavy (non-hydrogen) atoms. The average molecular weight is 417 g/mol. The Hall–Kier alpha value is -4.01. The Bertz CT molecular complexity index is 1280. The molecule has 1 saturated heterocycles. The Morgan fingerprint density at radius 1 is 1.16 bits per heavy atom. The third-order valence-corrected chi connectivity index (χ3v) is 5.66. The van der Waals surface area contributed by atoms with Crippen LogP contribution < -0.4 is 10.6 Å². The van der Waals surface area contributed by atoms with Crippen LogP contribution in [0.15, 0.2) is 42.6 Å². The molecule has 2 aliphatic heterocycles. The molecular weight excluding hydrogens is 398 g/mol. The first kappa shape index (κ1) is 19.0. The van der Waals surface area contributed by atoms with Gasteiger partial charge in [0.1, 0.15) is 6.04 Å². The van der Waals surface area contributed by atoms with Crippen LogP contribution in [0.2, 0.25) is 0 Å². The summed E-state index contributed by atoms with van der Waals surface area (Å²) in [5.74, 6) is -1.28. The number of aryl methyl sites for hydroxylation is 1. The largest absolute Gasteiger partial charge is 0.322 e. The van der Waals surface area contributed by atoms with Gasteiger partial charge >= 0.3 is 0 Å². The number of aromatic nitrogens is 2. The van der Waals surface area contributed by atoms with Gasteiger partial charge in [-0.05, 0) is 48.4 Å². The summed E-state index contributed by atoms with van der Waals surface area (Å²) in [6, 6.07) is 9.70. The molecule has 5 rings (SSSR count). The number of anilines is 1. The molecule has 0 saturated carbocycles. The van der Waals surface area contributed by atoms with Crippen molar-refractivity contribution in [2.45, 2.75) is 25.4 Å². The number of amides is 4. The molecule has 1 unspecified atom stereocenters. The SMILES string of the molecule is Cn1cc2cc(C(=O)Nc3ccc4c(c3)CN(C3CCC(=O)NC3=O)C4=O)ccc2n1. The highest BCUT2D eigenvalue weighted by atomic mass is 16.2. The lowest BCUT2D eigenvalue weighted by atomic mass is 10.0. The fraction of sp³-hybridized carbons (Fsp3) is 0.227. The minimum atomic E-state index is -0.665. The Morgan fingerprint density at radius 2 is 2.00 bits per heavy atom. The summed E-state index contributed by atoms with van der Waals surface area (Å²) in [5.41, 5.74) is 3.11. The predicted octanol–water partition coefficient (Wildman–Crippen LogP) is 1.59. The minimum absolute atomic E-state index is 0.207. The van der Waals surface area contributed by atoms with E-state index in [9.17, 15) is 19.2 Å². The smallest absolute Gasteiger partial charge is 0.255 e. The second kappa shape index (κ2) is 7.05. The van der Waals surface area contributed by atoms with Gasteiger partial charge in [0.25, 0.3) is 11.8 Å². The van der Waals surface area contributed by atoms with Crippen molar-refractivity contribution in [3.05, 3.63) is 59.3 Å². The van der Waals surface area contributed by atoms with Crippen molar-refractivity contribution in [1.82, 2.24) is 20.0 Å². The second-order valence-corrected chi connectivity index (χ2v) is 7.80. The van der Waals surface area contributed by atoms with Crippen LogP contribution in [-0.2, 0) is 23.2 Å². The highest BCUT2D eigenvalue weighted by Crippen LogP contribution is 2.29. The molecule has 1 aromatic heterocycles. The van der Waals surface area contributed by atoms with Crippen LogP contribution in [0, 0.1) is 0 Å². The summed E-state index contributed by atoms with van der Waals surface area (Å²) in [6.07, 6.45) is 2.36. The van der Waals surface area contributed by atoms with Gasteiger partial charge < -0.3 is 10.2 Å². The third-order valence-electron chi connectivity index (χ3n) is 5.66. The maximum Gasteiger partial charge on any atom is 0.255 e. The zero-order chi connectivity index (χ0) is 21.7. The van der Waals surface area contributed by atoms with E-state index in [1.54, 1.807) is 41.1 Å². The van der Waals surface area contributed by atoms with Crippen LogP contribution in [0.25, 0.3) is 10.9 Å². The van der Waals surface area contributed by atoms with E-state index in [1.807, 2.05) is 13.2 Å². The van der Waals surface area contributed by atoms with Crippen molar-refractivity contribution in [2.75, 3.05) is 5.32 Å². The fourth-order valence-electron chi connectivity index (χ4n) is 4.15. The van der Waals surface area contributed by atoms with E-state index in [0.29, 0.717) is 23.2 Å². The van der Waals surface area contributed by atoms with Crippen molar-refractivity contribution < 1.29 is 19.2 Å². The number of hydrogen-bond acceptors (Lipinski definition) is 5. The molecule has 3 heterocycles. The lowest BCUT2D eigenvalue weighted by molar-refractivity contribution is -0.136. The van der Waals surface area contributed by atoms with Gasteiger partial charge in [-0.3, -0.25) is 29.2 Å². The first-order chi connectivity index (χ1) is 14.9. The molecule has 9 heteroatoms. The molecule has 0 radical (unpaired) electrons. The molecule has 4 amide bonds. The number of fused-ring (bicyclic) bond motifs is 2. The van der Waals surface area contributed by atoms with Gasteiger partial charge in [-0.25, -0.2) is 0 Å².